The van der Waals surface area contributed by atoms with Crippen LogP contribution < -0.4 is 10.6 Å². The van der Waals surface area contributed by atoms with Crippen molar-refractivity contribution in [3.8, 4) is 0 Å². The van der Waals surface area contributed by atoms with Crippen molar-refractivity contribution in [3.63, 3.8) is 0 Å². The summed E-state index contributed by atoms with van der Waals surface area (Å²) < 4.78 is 11.4. The molecule has 0 heterocycles. The molecule has 0 spiro atoms. The normalized spacial score (nSPS) is 15.7. The van der Waals surface area contributed by atoms with Gasteiger partial charge in [-0.3, -0.25) is 9.59 Å². The summed E-state index contributed by atoms with van der Waals surface area (Å²) in [6.45, 7) is 3.89. The van der Waals surface area contributed by atoms with Crippen LogP contribution in [0, 0.1) is 0 Å². The van der Waals surface area contributed by atoms with Gasteiger partial charge in [-0.15, -0.1) is 0 Å². The Bertz CT molecular complexity index is 432. The maximum Gasteiger partial charge on any atom is 0.220 e. The Kier molecular flexibility index (Phi) is 14.9. The molecule has 28 heavy (non-hydrogen) atoms. The van der Waals surface area contributed by atoms with Gasteiger partial charge in [0.25, 0.3) is 0 Å². The summed E-state index contributed by atoms with van der Waals surface area (Å²) >= 11 is 0. The number of aliphatic hydroxyl groups excluding tert-OH is 4. The molecule has 4 atom stereocenters. The van der Waals surface area contributed by atoms with Crippen LogP contribution in [0.25, 0.3) is 0 Å². The topological polar surface area (TPSA) is 158 Å². The van der Waals surface area contributed by atoms with Crippen LogP contribution in [-0.4, -0.2) is 89.2 Å². The van der Waals surface area contributed by atoms with Gasteiger partial charge in [-0.25, -0.2) is 0 Å². The molecule has 166 valence electrons. The van der Waals surface area contributed by atoms with E-state index >= 15 is 0 Å². The Labute approximate surface area is 166 Å². The summed E-state index contributed by atoms with van der Waals surface area (Å²) in [5, 5.41) is 42.2. The third-order valence-electron chi connectivity index (χ3n) is 4.05. The van der Waals surface area contributed by atoms with Crippen molar-refractivity contribution >= 4 is 11.8 Å². The Morgan fingerprint density at radius 1 is 1.04 bits per heavy atom. The molecule has 0 aromatic rings. The quantitative estimate of drug-likeness (QED) is 0.135. The molecule has 0 rings (SSSR count). The molecule has 10 nitrogen and oxygen atoms in total. The maximum atomic E-state index is 11.7. The van der Waals surface area contributed by atoms with Crippen molar-refractivity contribution in [1.82, 2.24) is 10.6 Å². The molecular formula is C18H36N2O8. The van der Waals surface area contributed by atoms with Gasteiger partial charge in [0.05, 0.1) is 38.1 Å². The van der Waals surface area contributed by atoms with Crippen LogP contribution in [-0.2, 0) is 19.1 Å². The number of unbranched alkanes of at least 4 members (excludes halogenated alkanes) is 1. The lowest BCUT2D eigenvalue weighted by Crippen LogP contribution is -2.49. The number of rotatable bonds is 16. The average molecular weight is 408 g/mol. The van der Waals surface area contributed by atoms with Gasteiger partial charge < -0.3 is 40.5 Å². The molecule has 0 aliphatic rings. The fourth-order valence-electron chi connectivity index (χ4n) is 2.47. The zero-order valence-corrected chi connectivity index (χ0v) is 17.0. The number of ether oxygens (including phenoxy) is 2. The van der Waals surface area contributed by atoms with E-state index in [-0.39, 0.29) is 38.1 Å². The van der Waals surface area contributed by atoms with E-state index in [1.165, 1.54) is 6.92 Å². The van der Waals surface area contributed by atoms with Crippen LogP contribution in [0.3, 0.4) is 0 Å². The van der Waals surface area contributed by atoms with E-state index < -0.39 is 37.2 Å². The second-order valence-corrected chi connectivity index (χ2v) is 6.64. The van der Waals surface area contributed by atoms with Gasteiger partial charge in [-0.05, 0) is 26.2 Å². The third kappa shape index (κ3) is 11.5. The number of carbonyl (C=O) groups excluding carboxylic acids is 2. The van der Waals surface area contributed by atoms with Crippen LogP contribution in [0.5, 0.6) is 0 Å². The number of amides is 2. The molecule has 6 N–H and O–H groups in total. The number of nitrogens with one attached hydrogen (secondary N) is 2. The zero-order chi connectivity index (χ0) is 21.5. The number of hydrogen-bond acceptors (Lipinski definition) is 8. The molecule has 2 amide bonds. The van der Waals surface area contributed by atoms with Crippen LogP contribution >= 0.6 is 0 Å². The van der Waals surface area contributed by atoms with Crippen LogP contribution in [0.15, 0.2) is 0 Å². The fraction of sp³-hybridized carbons (Fsp3) is 0.889. The molecule has 0 aromatic heterocycles. The molecule has 0 aliphatic carbocycles. The molecule has 0 fully saturated rings. The van der Waals surface area contributed by atoms with E-state index in [0.29, 0.717) is 19.3 Å². The highest BCUT2D eigenvalue weighted by molar-refractivity contribution is 5.76. The molecule has 0 aliphatic heterocycles. The average Bonchev–Trinajstić information content (AvgIpc) is 2.65. The first-order valence-corrected chi connectivity index (χ1v) is 9.63. The molecule has 0 radical (unpaired) electrons. The first-order valence-electron chi connectivity index (χ1n) is 9.63. The molecule has 0 aromatic carbocycles. The number of aliphatic hydroxyl groups is 4. The second-order valence-electron chi connectivity index (χ2n) is 6.64. The van der Waals surface area contributed by atoms with Crippen molar-refractivity contribution < 1.29 is 39.5 Å². The highest BCUT2D eigenvalue weighted by Gasteiger charge is 2.28. The summed E-state index contributed by atoms with van der Waals surface area (Å²) in [6.07, 6.45) is -0.483. The van der Waals surface area contributed by atoms with Gasteiger partial charge in [0.1, 0.15) is 6.04 Å². The van der Waals surface area contributed by atoms with Gasteiger partial charge in [-0.2, -0.15) is 0 Å². The Morgan fingerprint density at radius 2 is 1.68 bits per heavy atom. The monoisotopic (exact) mass is 408 g/mol. The largest absolute Gasteiger partial charge is 0.394 e. The third-order valence-corrected chi connectivity index (χ3v) is 4.05. The minimum atomic E-state index is -0.949. The first-order chi connectivity index (χ1) is 13.3. The van der Waals surface area contributed by atoms with Crippen molar-refractivity contribution in [2.45, 2.75) is 77.0 Å². The van der Waals surface area contributed by atoms with Gasteiger partial charge in [0.2, 0.25) is 11.8 Å². The Balaban J connectivity index is 4.54. The molecule has 2 unspecified atom stereocenters. The summed E-state index contributed by atoms with van der Waals surface area (Å²) in [5.41, 5.74) is 0. The van der Waals surface area contributed by atoms with Gasteiger partial charge in [-0.1, -0.05) is 6.92 Å². The predicted octanol–water partition coefficient (Wildman–Crippen LogP) is -1.36. The summed E-state index contributed by atoms with van der Waals surface area (Å²) in [5.74, 6) is -0.632. The van der Waals surface area contributed by atoms with Gasteiger partial charge >= 0.3 is 0 Å². The van der Waals surface area contributed by atoms with Gasteiger partial charge in [0.15, 0.2) is 6.29 Å². The maximum absolute atomic E-state index is 11.7. The van der Waals surface area contributed by atoms with E-state index in [1.54, 1.807) is 6.92 Å². The van der Waals surface area contributed by atoms with Crippen molar-refractivity contribution in [1.29, 1.82) is 0 Å². The lowest BCUT2D eigenvalue weighted by atomic mass is 10.1. The molecule has 10 heteroatoms. The van der Waals surface area contributed by atoms with Crippen LogP contribution in [0.2, 0.25) is 0 Å². The van der Waals surface area contributed by atoms with Crippen LogP contribution in [0.1, 0.15) is 46.5 Å². The molecule has 0 bridgehead atoms. The fourth-order valence-corrected chi connectivity index (χ4v) is 2.47. The van der Waals surface area contributed by atoms with Crippen LogP contribution in [0.4, 0.5) is 0 Å². The van der Waals surface area contributed by atoms with E-state index in [1.807, 2.05) is 6.92 Å². The first kappa shape index (κ1) is 26.7. The van der Waals surface area contributed by atoms with E-state index in [4.69, 9.17) is 19.7 Å². The summed E-state index contributed by atoms with van der Waals surface area (Å²) in [4.78, 5) is 23.0. The van der Waals surface area contributed by atoms with Crippen molar-refractivity contribution in [2.24, 2.45) is 0 Å². The van der Waals surface area contributed by atoms with E-state index in [2.05, 4.69) is 10.6 Å². The molecular weight excluding hydrogens is 372 g/mol. The number of hydrogen-bond donors (Lipinski definition) is 6. The predicted molar refractivity (Wildman–Crippen MR) is 101 cm³/mol. The highest BCUT2D eigenvalue weighted by Crippen LogP contribution is 2.13. The van der Waals surface area contributed by atoms with Crippen molar-refractivity contribution in [2.75, 3.05) is 26.4 Å². The Hall–Kier alpha value is -1.30. The zero-order valence-electron chi connectivity index (χ0n) is 17.0. The Morgan fingerprint density at radius 3 is 2.14 bits per heavy atom. The minimum Gasteiger partial charge on any atom is -0.394 e. The molecule has 0 saturated heterocycles. The second kappa shape index (κ2) is 15.6. The SMILES string of the molecule is CCC(OC(OCCCCC(=O)NC(CO)CO)[C@H](CO)NC(C)=O)[C@@H](C)O. The summed E-state index contributed by atoms with van der Waals surface area (Å²) in [7, 11) is 0. The lowest BCUT2D eigenvalue weighted by molar-refractivity contribution is -0.208. The lowest BCUT2D eigenvalue weighted by Gasteiger charge is -2.31. The van der Waals surface area contributed by atoms with Crippen molar-refractivity contribution in [3.05, 3.63) is 0 Å². The number of carbonyl (C=O) groups is 2. The van der Waals surface area contributed by atoms with Gasteiger partial charge in [0, 0.05) is 20.0 Å². The molecule has 0 saturated carbocycles. The minimum absolute atomic E-state index is 0.200. The highest BCUT2D eigenvalue weighted by atomic mass is 16.7. The summed E-state index contributed by atoms with van der Waals surface area (Å²) in [6, 6.07) is -1.46. The standard InChI is InChI=1S/C18H36N2O8/c1-4-16(12(2)24)28-18(15(11-23)19-13(3)25)27-8-6-5-7-17(26)20-14(9-21)10-22/h12,14-16,18,21-24H,4-11H2,1-3H3,(H,19,25)(H,20,26)/t12-,15+,16?,18?/m1/s1. The van der Waals surface area contributed by atoms with E-state index in [0.717, 1.165) is 0 Å². The van der Waals surface area contributed by atoms with E-state index in [9.17, 15) is 19.8 Å². The smallest absolute Gasteiger partial charge is 0.220 e.